The average Bonchev–Trinajstić information content (AvgIpc) is 2.30. The molecule has 0 aromatic carbocycles. The van der Waals surface area contributed by atoms with Gasteiger partial charge in [-0.25, -0.2) is 0 Å². The monoisotopic (exact) mass is 244 g/mol. The largest absolute Gasteiger partial charge is 0.316 e. The minimum absolute atomic E-state index is 0.823. The normalized spacial score (nSPS) is 23.7. The zero-order valence-electron chi connectivity index (χ0n) is 10.6. The third-order valence-electron chi connectivity index (χ3n) is 3.12. The average molecular weight is 245 g/mol. The summed E-state index contributed by atoms with van der Waals surface area (Å²) in [5.74, 6) is 0.823. The Bertz CT molecular complexity index is 216. The molecule has 0 aromatic rings. The predicted molar refractivity (Wildman–Crippen MR) is 71.9 cm³/mol. The highest BCUT2D eigenvalue weighted by Crippen LogP contribution is 2.16. The van der Waals surface area contributed by atoms with Gasteiger partial charge >= 0.3 is 0 Å². The summed E-state index contributed by atoms with van der Waals surface area (Å²) in [4.78, 5) is 2.52. The van der Waals surface area contributed by atoms with Crippen molar-refractivity contribution in [1.82, 2.24) is 10.2 Å². The van der Waals surface area contributed by atoms with Gasteiger partial charge in [0.15, 0.2) is 0 Å². The lowest BCUT2D eigenvalue weighted by Crippen LogP contribution is -2.40. The number of likely N-dealkylation sites (tertiary alicyclic amines) is 1. The second-order valence-corrected chi connectivity index (χ2v) is 5.12. The first-order chi connectivity index (χ1) is 7.76. The van der Waals surface area contributed by atoms with Crippen LogP contribution in [0.2, 0.25) is 0 Å². The van der Waals surface area contributed by atoms with Crippen molar-refractivity contribution >= 4 is 11.6 Å². The first-order valence-corrected chi connectivity index (χ1v) is 6.88. The van der Waals surface area contributed by atoms with Crippen LogP contribution in [-0.4, -0.2) is 37.6 Å². The number of piperidine rings is 1. The van der Waals surface area contributed by atoms with Gasteiger partial charge in [0.2, 0.25) is 0 Å². The van der Waals surface area contributed by atoms with E-state index in [1.54, 1.807) is 5.54 Å². The Hall–Kier alpha value is -0.0500. The molecule has 1 fully saturated rings. The van der Waals surface area contributed by atoms with Gasteiger partial charge < -0.3 is 5.32 Å². The maximum absolute atomic E-state index is 5.71. The Labute approximate surface area is 105 Å². The molecule has 3 heteroatoms. The predicted octanol–water partition coefficient (Wildman–Crippen LogP) is 2.84. The topological polar surface area (TPSA) is 15.3 Å². The van der Waals surface area contributed by atoms with Crippen LogP contribution in [0.5, 0.6) is 0 Å². The Morgan fingerprint density at radius 3 is 3.06 bits per heavy atom. The number of hydrogen-bond acceptors (Lipinski definition) is 2. The summed E-state index contributed by atoms with van der Waals surface area (Å²) >= 11 is 5.71. The minimum Gasteiger partial charge on any atom is -0.316 e. The third kappa shape index (κ3) is 5.33. The molecular formula is C13H25ClN2. The fourth-order valence-electron chi connectivity index (χ4n) is 2.33. The maximum atomic E-state index is 5.71. The molecule has 94 valence electrons. The fraction of sp³-hybridized carbons (Fsp3) is 0.846. The summed E-state index contributed by atoms with van der Waals surface area (Å²) in [6.07, 6.45) is 3.93. The maximum Gasteiger partial charge on any atom is 0.0201 e. The van der Waals surface area contributed by atoms with Crippen molar-refractivity contribution in [3.05, 3.63) is 11.1 Å². The quantitative estimate of drug-likeness (QED) is 0.723. The van der Waals surface area contributed by atoms with Crippen molar-refractivity contribution in [1.29, 1.82) is 0 Å². The number of hydrogen-bond donors (Lipinski definition) is 1. The molecule has 0 aliphatic carbocycles. The number of rotatable bonds is 6. The number of halogens is 1. The molecular weight excluding hydrogens is 220 g/mol. The highest BCUT2D eigenvalue weighted by atomic mass is 35.5. The molecule has 0 aromatic heterocycles. The van der Waals surface area contributed by atoms with Crippen LogP contribution in [0.1, 0.15) is 33.1 Å². The van der Waals surface area contributed by atoms with E-state index in [0.29, 0.717) is 0 Å². The Balaban J connectivity index is 2.24. The van der Waals surface area contributed by atoms with Crippen LogP contribution in [-0.2, 0) is 0 Å². The Morgan fingerprint density at radius 2 is 2.38 bits per heavy atom. The van der Waals surface area contributed by atoms with Crippen molar-refractivity contribution in [3.8, 4) is 0 Å². The molecule has 1 rings (SSSR count). The zero-order valence-corrected chi connectivity index (χ0v) is 11.4. The molecule has 1 unspecified atom stereocenters. The van der Waals surface area contributed by atoms with Crippen LogP contribution in [0.15, 0.2) is 11.1 Å². The van der Waals surface area contributed by atoms with Crippen molar-refractivity contribution in [3.63, 3.8) is 0 Å². The van der Waals surface area contributed by atoms with Crippen LogP contribution >= 0.6 is 11.6 Å². The Morgan fingerprint density at radius 1 is 1.56 bits per heavy atom. The molecule has 16 heavy (non-hydrogen) atoms. The summed E-state index contributed by atoms with van der Waals surface area (Å²) < 4.78 is 0. The molecule has 2 nitrogen and oxygen atoms in total. The van der Waals surface area contributed by atoms with Gasteiger partial charge in [-0.05, 0) is 57.3 Å². The molecule has 0 bridgehead atoms. The lowest BCUT2D eigenvalue weighted by molar-refractivity contribution is 0.185. The van der Waals surface area contributed by atoms with Crippen LogP contribution in [0.4, 0.5) is 0 Å². The van der Waals surface area contributed by atoms with Crippen LogP contribution < -0.4 is 5.32 Å². The van der Waals surface area contributed by atoms with E-state index in [9.17, 15) is 0 Å². The summed E-state index contributed by atoms with van der Waals surface area (Å²) in [5, 5.41) is 3.53. The lowest BCUT2D eigenvalue weighted by Gasteiger charge is -2.33. The van der Waals surface area contributed by atoms with Crippen molar-refractivity contribution < 1.29 is 0 Å². The minimum atomic E-state index is 0.823. The highest BCUT2D eigenvalue weighted by molar-refractivity contribution is 6.25. The summed E-state index contributed by atoms with van der Waals surface area (Å²) in [5.41, 5.74) is 2.97. The molecule has 1 aliphatic heterocycles. The fourth-order valence-corrected chi connectivity index (χ4v) is 2.40. The van der Waals surface area contributed by atoms with Crippen molar-refractivity contribution in [2.75, 3.05) is 32.7 Å². The van der Waals surface area contributed by atoms with E-state index in [-0.39, 0.29) is 0 Å². The second kappa shape index (κ2) is 8.10. The van der Waals surface area contributed by atoms with Gasteiger partial charge in [0, 0.05) is 18.6 Å². The molecule has 1 saturated heterocycles. The van der Waals surface area contributed by atoms with Crippen LogP contribution in [0.25, 0.3) is 0 Å². The smallest absolute Gasteiger partial charge is 0.0201 e. The first-order valence-electron chi connectivity index (χ1n) is 6.45. The van der Waals surface area contributed by atoms with Gasteiger partial charge in [0.1, 0.15) is 0 Å². The van der Waals surface area contributed by atoms with E-state index < -0.39 is 0 Å². The molecule has 0 radical (unpaired) electrons. The van der Waals surface area contributed by atoms with Crippen molar-refractivity contribution in [2.45, 2.75) is 33.1 Å². The molecule has 0 amide bonds. The van der Waals surface area contributed by atoms with Gasteiger partial charge in [0.25, 0.3) is 0 Å². The van der Waals surface area contributed by atoms with Crippen molar-refractivity contribution in [2.24, 2.45) is 5.92 Å². The zero-order chi connectivity index (χ0) is 11.8. The van der Waals surface area contributed by atoms with E-state index in [2.05, 4.69) is 24.1 Å². The van der Waals surface area contributed by atoms with Gasteiger partial charge in [0.05, 0.1) is 0 Å². The molecule has 0 saturated carbocycles. The van der Waals surface area contributed by atoms with Crippen LogP contribution in [0.3, 0.4) is 0 Å². The summed E-state index contributed by atoms with van der Waals surface area (Å²) in [7, 11) is 0. The Kier molecular flexibility index (Phi) is 7.10. The third-order valence-corrected chi connectivity index (χ3v) is 3.49. The molecule has 1 aliphatic rings. The second-order valence-electron chi connectivity index (χ2n) is 4.90. The standard InChI is InChI=1S/C13H25ClN2/c1-3-6-15-9-13-5-4-7-16(11-13)10-12(2)8-14/h8,13,15H,3-7,9-11H2,1-2H3. The molecule has 1 N–H and O–H groups in total. The van der Waals surface area contributed by atoms with Gasteiger partial charge in [-0.3, -0.25) is 4.90 Å². The van der Waals surface area contributed by atoms with E-state index in [1.165, 1.54) is 44.5 Å². The molecule has 1 heterocycles. The highest BCUT2D eigenvalue weighted by Gasteiger charge is 2.19. The SMILES string of the molecule is CCCNCC1CCCN(CC(C)=CCl)C1. The summed E-state index contributed by atoms with van der Waals surface area (Å²) in [6.45, 7) is 10.1. The van der Waals surface area contributed by atoms with Gasteiger partial charge in [-0.1, -0.05) is 18.5 Å². The van der Waals surface area contributed by atoms with E-state index in [4.69, 9.17) is 11.6 Å². The van der Waals surface area contributed by atoms with E-state index in [0.717, 1.165) is 19.0 Å². The van der Waals surface area contributed by atoms with Gasteiger partial charge in [-0.2, -0.15) is 0 Å². The number of nitrogens with one attached hydrogen (secondary N) is 1. The molecule has 1 atom stereocenters. The number of nitrogens with zero attached hydrogens (tertiary/aromatic N) is 1. The van der Waals surface area contributed by atoms with Gasteiger partial charge in [-0.15, -0.1) is 0 Å². The van der Waals surface area contributed by atoms with Crippen LogP contribution in [0, 0.1) is 5.92 Å². The lowest BCUT2D eigenvalue weighted by atomic mass is 9.97. The molecule has 0 spiro atoms. The van der Waals surface area contributed by atoms with E-state index >= 15 is 0 Å². The van der Waals surface area contributed by atoms with E-state index in [1.807, 2.05) is 0 Å². The first kappa shape index (κ1) is 14.0. The summed E-state index contributed by atoms with van der Waals surface area (Å²) in [6, 6.07) is 0.